The summed E-state index contributed by atoms with van der Waals surface area (Å²) in [4.78, 5) is 21.4. The van der Waals surface area contributed by atoms with Crippen molar-refractivity contribution in [1.29, 1.82) is 0 Å². The van der Waals surface area contributed by atoms with E-state index in [0.717, 1.165) is 19.1 Å². The first-order valence-electron chi connectivity index (χ1n) is 5.46. The fraction of sp³-hybridized carbons (Fsp3) is 0.385. The lowest BCUT2D eigenvalue weighted by Crippen LogP contribution is -2.01. The first kappa shape index (κ1) is 10.9. The van der Waals surface area contributed by atoms with Gasteiger partial charge in [-0.15, -0.1) is 0 Å². The average molecular weight is 218 g/mol. The van der Waals surface area contributed by atoms with Crippen molar-refractivity contribution in [2.75, 3.05) is 0 Å². The van der Waals surface area contributed by atoms with Crippen LogP contribution in [0.3, 0.4) is 0 Å². The largest absolute Gasteiger partial charge is 0.481 e. The number of hydrogen-bond donors (Lipinski definition) is 1. The number of hydrogen-bond acceptors (Lipinski definition) is 2. The third-order valence-electron chi connectivity index (χ3n) is 3.28. The van der Waals surface area contributed by atoms with Crippen molar-refractivity contribution in [2.45, 2.75) is 12.8 Å². The molecule has 1 aromatic rings. The van der Waals surface area contributed by atoms with E-state index in [2.05, 4.69) is 0 Å². The summed E-state index contributed by atoms with van der Waals surface area (Å²) in [5.41, 5.74) is 1.20. The van der Waals surface area contributed by atoms with E-state index in [9.17, 15) is 9.59 Å². The molecule has 1 aliphatic rings. The van der Waals surface area contributed by atoms with Crippen molar-refractivity contribution < 1.29 is 14.7 Å². The van der Waals surface area contributed by atoms with Crippen LogP contribution in [0.2, 0.25) is 0 Å². The molecule has 3 unspecified atom stereocenters. The Labute approximate surface area is 94.1 Å². The number of aliphatic carboxylic acids is 1. The van der Waals surface area contributed by atoms with Crippen LogP contribution < -0.4 is 0 Å². The van der Waals surface area contributed by atoms with Gasteiger partial charge in [-0.05, 0) is 24.3 Å². The number of carbonyl (C=O) groups excluding carboxylic acids is 1. The van der Waals surface area contributed by atoms with Gasteiger partial charge in [-0.3, -0.25) is 4.79 Å². The van der Waals surface area contributed by atoms with Gasteiger partial charge in [0.15, 0.2) is 0 Å². The fourth-order valence-corrected chi connectivity index (χ4v) is 2.28. The molecule has 0 aromatic heterocycles. The zero-order chi connectivity index (χ0) is 11.5. The zero-order valence-corrected chi connectivity index (χ0v) is 8.87. The minimum atomic E-state index is -0.838. The summed E-state index contributed by atoms with van der Waals surface area (Å²) in [5.74, 6) is -1.51. The monoisotopic (exact) mass is 218 g/mol. The van der Waals surface area contributed by atoms with E-state index < -0.39 is 11.9 Å². The van der Waals surface area contributed by atoms with Gasteiger partial charge in [0.1, 0.15) is 6.29 Å². The molecule has 16 heavy (non-hydrogen) atoms. The highest BCUT2D eigenvalue weighted by molar-refractivity contribution is 5.81. The summed E-state index contributed by atoms with van der Waals surface area (Å²) >= 11 is 0. The quantitative estimate of drug-likeness (QED) is 0.766. The van der Waals surface area contributed by atoms with Crippen molar-refractivity contribution >= 4 is 12.3 Å². The van der Waals surface area contributed by atoms with Gasteiger partial charge in [-0.2, -0.15) is 0 Å². The molecule has 0 amide bonds. The molecular formula is C13H14O3. The Kier molecular flexibility index (Phi) is 3.04. The molecule has 0 aliphatic heterocycles. The summed E-state index contributed by atoms with van der Waals surface area (Å²) < 4.78 is 0. The zero-order valence-electron chi connectivity index (χ0n) is 8.87. The average Bonchev–Trinajstić information content (AvgIpc) is 3.01. The van der Waals surface area contributed by atoms with Crippen LogP contribution in [0.15, 0.2) is 30.3 Å². The molecule has 3 heteroatoms. The van der Waals surface area contributed by atoms with Crippen LogP contribution in [-0.2, 0) is 16.0 Å². The van der Waals surface area contributed by atoms with Gasteiger partial charge in [-0.25, -0.2) is 0 Å². The lowest BCUT2D eigenvalue weighted by atomic mass is 10.1. The van der Waals surface area contributed by atoms with Crippen LogP contribution in [0.25, 0.3) is 0 Å². The molecule has 3 atom stereocenters. The topological polar surface area (TPSA) is 54.4 Å². The van der Waals surface area contributed by atoms with Crippen LogP contribution in [0.1, 0.15) is 12.0 Å². The predicted molar refractivity (Wildman–Crippen MR) is 58.9 cm³/mol. The van der Waals surface area contributed by atoms with Crippen molar-refractivity contribution in [2.24, 2.45) is 17.8 Å². The number of benzene rings is 1. The lowest BCUT2D eigenvalue weighted by molar-refractivity contribution is -0.139. The van der Waals surface area contributed by atoms with Crippen LogP contribution in [0.4, 0.5) is 0 Å². The van der Waals surface area contributed by atoms with Crippen molar-refractivity contribution in [1.82, 2.24) is 0 Å². The number of carboxylic acid groups (broad SMARTS) is 1. The van der Waals surface area contributed by atoms with E-state index in [4.69, 9.17) is 5.11 Å². The summed E-state index contributed by atoms with van der Waals surface area (Å²) in [5, 5.41) is 8.86. The molecule has 1 aliphatic carbocycles. The first-order chi connectivity index (χ1) is 7.74. The van der Waals surface area contributed by atoms with Gasteiger partial charge in [-0.1, -0.05) is 30.3 Å². The van der Waals surface area contributed by atoms with Crippen LogP contribution in [0.5, 0.6) is 0 Å². The number of carbonyl (C=O) groups is 2. The SMILES string of the molecule is O=CC1C(CCc2ccccc2)C1C(=O)O. The summed E-state index contributed by atoms with van der Waals surface area (Å²) in [6.45, 7) is 0. The molecule has 1 saturated carbocycles. The van der Waals surface area contributed by atoms with Gasteiger partial charge >= 0.3 is 5.97 Å². The second-order valence-corrected chi connectivity index (χ2v) is 4.27. The molecule has 1 aromatic carbocycles. The standard InChI is InChI=1S/C13H14O3/c14-8-11-10(12(11)13(15)16)7-6-9-4-2-1-3-5-9/h1-5,8,10-12H,6-7H2,(H,15,16). The highest BCUT2D eigenvalue weighted by Crippen LogP contribution is 2.47. The molecule has 84 valence electrons. The van der Waals surface area contributed by atoms with Gasteiger partial charge < -0.3 is 9.90 Å². The maximum Gasteiger partial charge on any atom is 0.307 e. The minimum Gasteiger partial charge on any atom is -0.481 e. The van der Waals surface area contributed by atoms with E-state index in [1.165, 1.54) is 5.56 Å². The molecule has 0 spiro atoms. The third-order valence-corrected chi connectivity index (χ3v) is 3.28. The molecule has 2 rings (SSSR count). The molecule has 1 fully saturated rings. The van der Waals surface area contributed by atoms with E-state index >= 15 is 0 Å². The summed E-state index contributed by atoms with van der Waals surface area (Å²) in [7, 11) is 0. The Hall–Kier alpha value is -1.64. The van der Waals surface area contributed by atoms with Crippen LogP contribution >= 0.6 is 0 Å². The second-order valence-electron chi connectivity index (χ2n) is 4.27. The Morgan fingerprint density at radius 1 is 1.31 bits per heavy atom. The molecule has 0 saturated heterocycles. The second kappa shape index (κ2) is 4.47. The maximum absolute atomic E-state index is 10.8. The third kappa shape index (κ3) is 2.13. The van der Waals surface area contributed by atoms with Crippen molar-refractivity contribution in [3.63, 3.8) is 0 Å². The molecule has 0 radical (unpaired) electrons. The maximum atomic E-state index is 10.8. The smallest absolute Gasteiger partial charge is 0.307 e. The Morgan fingerprint density at radius 2 is 2.00 bits per heavy atom. The Bertz CT molecular complexity index is 385. The van der Waals surface area contributed by atoms with E-state index in [1.807, 2.05) is 30.3 Å². The summed E-state index contributed by atoms with van der Waals surface area (Å²) in [6.07, 6.45) is 2.42. The van der Waals surface area contributed by atoms with E-state index in [-0.39, 0.29) is 11.8 Å². The van der Waals surface area contributed by atoms with Crippen molar-refractivity contribution in [3.8, 4) is 0 Å². The molecule has 1 N–H and O–H groups in total. The normalized spacial score (nSPS) is 27.4. The molecule has 0 bridgehead atoms. The molecule has 0 heterocycles. The number of rotatable bonds is 5. The molecule has 3 nitrogen and oxygen atoms in total. The van der Waals surface area contributed by atoms with Crippen molar-refractivity contribution in [3.05, 3.63) is 35.9 Å². The first-order valence-corrected chi connectivity index (χ1v) is 5.46. The van der Waals surface area contributed by atoms with Gasteiger partial charge in [0, 0.05) is 5.92 Å². The molecular weight excluding hydrogens is 204 g/mol. The fourth-order valence-electron chi connectivity index (χ4n) is 2.28. The van der Waals surface area contributed by atoms with Gasteiger partial charge in [0.2, 0.25) is 0 Å². The minimum absolute atomic E-state index is 0.0372. The number of aldehydes is 1. The number of aryl methyl sites for hydroxylation is 1. The van der Waals surface area contributed by atoms with E-state index in [0.29, 0.717) is 0 Å². The number of carboxylic acids is 1. The lowest BCUT2D eigenvalue weighted by Gasteiger charge is -1.99. The van der Waals surface area contributed by atoms with Gasteiger partial charge in [0.25, 0.3) is 0 Å². The highest BCUT2D eigenvalue weighted by Gasteiger charge is 2.54. The van der Waals surface area contributed by atoms with E-state index in [1.54, 1.807) is 0 Å². The summed E-state index contributed by atoms with van der Waals surface area (Å²) in [6, 6.07) is 9.93. The van der Waals surface area contributed by atoms with Gasteiger partial charge in [0.05, 0.1) is 5.92 Å². The highest BCUT2D eigenvalue weighted by atomic mass is 16.4. The Morgan fingerprint density at radius 3 is 2.50 bits per heavy atom. The van der Waals surface area contributed by atoms with Crippen LogP contribution in [-0.4, -0.2) is 17.4 Å². The Balaban J connectivity index is 1.88. The van der Waals surface area contributed by atoms with Crippen LogP contribution in [0, 0.1) is 17.8 Å². The predicted octanol–water partition coefficient (Wildman–Crippen LogP) is 1.76.